The molecule has 3 rings (SSSR count). The number of benzene rings is 1. The fraction of sp³-hybridized carbons (Fsp3) is 0.235. The van der Waals surface area contributed by atoms with Crippen molar-refractivity contribution in [2.24, 2.45) is 0 Å². The summed E-state index contributed by atoms with van der Waals surface area (Å²) in [7, 11) is 2.07. The zero-order valence-corrected chi connectivity index (χ0v) is 15.3. The molecule has 0 atom stereocenters. The maximum absolute atomic E-state index is 6.57. The summed E-state index contributed by atoms with van der Waals surface area (Å²) in [5.74, 6) is 0. The van der Waals surface area contributed by atoms with E-state index < -0.39 is 0 Å². The number of hydrogen-bond donors (Lipinski definition) is 0. The minimum Gasteiger partial charge on any atom is -0.297 e. The Balaban J connectivity index is 1.79. The van der Waals surface area contributed by atoms with Crippen LogP contribution < -0.4 is 0 Å². The third-order valence-corrected chi connectivity index (χ3v) is 5.21. The lowest BCUT2D eigenvalue weighted by atomic mass is 10.2. The number of hydrogen-bond acceptors (Lipinski definition) is 3. The minimum absolute atomic E-state index is 0.671. The molecule has 2 aromatic heterocycles. The highest BCUT2D eigenvalue weighted by molar-refractivity contribution is 7.16. The smallest absolute Gasteiger partial charge is 0.137 e. The topological polar surface area (TPSA) is 21.1 Å². The van der Waals surface area contributed by atoms with Crippen molar-refractivity contribution < 1.29 is 0 Å². The number of rotatable bonds is 5. The fourth-order valence-electron chi connectivity index (χ4n) is 2.48. The monoisotopic (exact) mass is 365 g/mol. The molecule has 0 spiro atoms. The van der Waals surface area contributed by atoms with Crippen LogP contribution in [0.2, 0.25) is 9.49 Å². The van der Waals surface area contributed by atoms with Crippen molar-refractivity contribution in [2.45, 2.75) is 20.0 Å². The first kappa shape index (κ1) is 16.5. The van der Waals surface area contributed by atoms with Gasteiger partial charge in [-0.05, 0) is 38.2 Å². The summed E-state index contributed by atoms with van der Waals surface area (Å²) >= 11 is 14.2. The summed E-state index contributed by atoms with van der Waals surface area (Å²) in [5.41, 5.74) is 2.98. The van der Waals surface area contributed by atoms with E-state index >= 15 is 0 Å². The Bertz CT molecular complexity index is 796. The van der Waals surface area contributed by atoms with Crippen LogP contribution in [0.3, 0.4) is 0 Å². The average molecular weight is 366 g/mol. The fourth-order valence-corrected chi connectivity index (χ4v) is 3.98. The van der Waals surface area contributed by atoms with E-state index in [9.17, 15) is 0 Å². The lowest BCUT2D eigenvalue weighted by Gasteiger charge is -2.15. The van der Waals surface area contributed by atoms with Gasteiger partial charge in [0.1, 0.15) is 5.15 Å². The number of nitrogens with zero attached hydrogens (tertiary/aromatic N) is 3. The number of para-hydroxylation sites is 1. The molecule has 3 aromatic rings. The van der Waals surface area contributed by atoms with Gasteiger partial charge >= 0.3 is 0 Å². The van der Waals surface area contributed by atoms with Gasteiger partial charge in [0.25, 0.3) is 0 Å². The first-order valence-electron chi connectivity index (χ1n) is 7.27. The van der Waals surface area contributed by atoms with E-state index in [1.165, 1.54) is 4.88 Å². The molecule has 1 aromatic carbocycles. The van der Waals surface area contributed by atoms with Crippen LogP contribution in [0.1, 0.15) is 16.1 Å². The third-order valence-electron chi connectivity index (χ3n) is 3.61. The largest absolute Gasteiger partial charge is 0.297 e. The van der Waals surface area contributed by atoms with Gasteiger partial charge in [-0.2, -0.15) is 5.10 Å². The van der Waals surface area contributed by atoms with Gasteiger partial charge in [-0.1, -0.05) is 41.4 Å². The molecule has 0 fully saturated rings. The van der Waals surface area contributed by atoms with Gasteiger partial charge in [-0.25, -0.2) is 4.68 Å². The van der Waals surface area contributed by atoms with Crippen molar-refractivity contribution in [1.29, 1.82) is 0 Å². The van der Waals surface area contributed by atoms with Crippen molar-refractivity contribution in [2.75, 3.05) is 7.05 Å². The van der Waals surface area contributed by atoms with E-state index in [4.69, 9.17) is 23.2 Å². The molecule has 0 unspecified atom stereocenters. The summed E-state index contributed by atoms with van der Waals surface area (Å²) < 4.78 is 2.61. The molecule has 0 aliphatic carbocycles. The number of thiophene rings is 1. The van der Waals surface area contributed by atoms with Crippen molar-refractivity contribution in [1.82, 2.24) is 14.7 Å². The summed E-state index contributed by atoms with van der Waals surface area (Å²) in [4.78, 5) is 3.45. The van der Waals surface area contributed by atoms with Gasteiger partial charge in [-0.15, -0.1) is 11.3 Å². The third kappa shape index (κ3) is 3.78. The molecular weight excluding hydrogens is 349 g/mol. The van der Waals surface area contributed by atoms with Crippen molar-refractivity contribution >= 4 is 34.5 Å². The van der Waals surface area contributed by atoms with Gasteiger partial charge in [0, 0.05) is 23.5 Å². The minimum atomic E-state index is 0.671. The van der Waals surface area contributed by atoms with Gasteiger partial charge in [0.2, 0.25) is 0 Å². The van der Waals surface area contributed by atoms with Crippen LogP contribution in [0.15, 0.2) is 42.5 Å². The number of aromatic nitrogens is 2. The molecule has 0 bridgehead atoms. The zero-order chi connectivity index (χ0) is 16.4. The highest BCUT2D eigenvalue weighted by Gasteiger charge is 2.16. The molecule has 0 saturated heterocycles. The van der Waals surface area contributed by atoms with Crippen LogP contribution in [0.4, 0.5) is 0 Å². The molecule has 0 amide bonds. The number of aryl methyl sites for hydroxylation is 1. The van der Waals surface area contributed by atoms with Crippen LogP contribution >= 0.6 is 34.5 Å². The Morgan fingerprint density at radius 2 is 1.83 bits per heavy atom. The Kier molecular flexibility index (Phi) is 5.07. The average Bonchev–Trinajstić information content (AvgIpc) is 3.06. The molecule has 0 aliphatic heterocycles. The lowest BCUT2D eigenvalue weighted by Crippen LogP contribution is -2.17. The predicted molar refractivity (Wildman–Crippen MR) is 97.8 cm³/mol. The second-order valence-electron chi connectivity index (χ2n) is 5.48. The van der Waals surface area contributed by atoms with E-state index in [-0.39, 0.29) is 0 Å². The molecule has 6 heteroatoms. The first-order chi connectivity index (χ1) is 11.0. The summed E-state index contributed by atoms with van der Waals surface area (Å²) in [6.07, 6.45) is 0. The normalized spacial score (nSPS) is 11.3. The van der Waals surface area contributed by atoms with Crippen molar-refractivity contribution in [3.8, 4) is 5.69 Å². The van der Waals surface area contributed by atoms with Gasteiger partial charge in [-0.3, -0.25) is 4.90 Å². The molecule has 120 valence electrons. The van der Waals surface area contributed by atoms with Gasteiger partial charge < -0.3 is 0 Å². The van der Waals surface area contributed by atoms with Gasteiger partial charge in [0.15, 0.2) is 0 Å². The molecule has 2 heterocycles. The van der Waals surface area contributed by atoms with E-state index in [1.54, 1.807) is 16.0 Å². The molecule has 0 radical (unpaired) electrons. The predicted octanol–water partition coefficient (Wildman–Crippen LogP) is 5.18. The Morgan fingerprint density at radius 1 is 1.09 bits per heavy atom. The first-order valence-corrected chi connectivity index (χ1v) is 8.84. The highest BCUT2D eigenvalue weighted by atomic mass is 35.5. The summed E-state index contributed by atoms with van der Waals surface area (Å²) in [6, 6.07) is 13.9. The van der Waals surface area contributed by atoms with Crippen LogP contribution in [-0.4, -0.2) is 21.7 Å². The summed E-state index contributed by atoms with van der Waals surface area (Å²) in [6.45, 7) is 3.58. The standard InChI is InChI=1S/C17H17Cl2N3S/c1-12-15(11-21(2)10-14-8-9-16(18)23-14)17(19)22(20-12)13-6-4-3-5-7-13/h3-9H,10-11H2,1-2H3. The Hall–Kier alpha value is -1.33. The van der Waals surface area contributed by atoms with Crippen molar-refractivity contribution in [3.05, 3.63) is 68.1 Å². The van der Waals surface area contributed by atoms with Gasteiger partial charge in [0.05, 0.1) is 15.7 Å². The van der Waals surface area contributed by atoms with Crippen molar-refractivity contribution in [3.63, 3.8) is 0 Å². The maximum Gasteiger partial charge on any atom is 0.137 e. The maximum atomic E-state index is 6.57. The lowest BCUT2D eigenvalue weighted by molar-refractivity contribution is 0.321. The van der Waals surface area contributed by atoms with E-state index in [1.807, 2.05) is 43.3 Å². The van der Waals surface area contributed by atoms with Crippen LogP contribution in [0.5, 0.6) is 0 Å². The van der Waals surface area contributed by atoms with Crippen LogP contribution in [0.25, 0.3) is 5.69 Å². The van der Waals surface area contributed by atoms with E-state index in [0.29, 0.717) is 5.15 Å². The summed E-state index contributed by atoms with van der Waals surface area (Å²) in [5, 5.41) is 5.26. The molecule has 0 aliphatic rings. The Labute approximate surface area is 150 Å². The number of halogens is 2. The molecule has 0 saturated carbocycles. The van der Waals surface area contributed by atoms with E-state index in [0.717, 1.165) is 34.4 Å². The molecular formula is C17H17Cl2N3S. The van der Waals surface area contributed by atoms with Crippen LogP contribution in [0, 0.1) is 6.92 Å². The Morgan fingerprint density at radius 3 is 2.48 bits per heavy atom. The molecule has 3 nitrogen and oxygen atoms in total. The quantitative estimate of drug-likeness (QED) is 0.620. The second kappa shape index (κ2) is 7.05. The molecule has 23 heavy (non-hydrogen) atoms. The molecule has 0 N–H and O–H groups in total. The highest BCUT2D eigenvalue weighted by Crippen LogP contribution is 2.26. The second-order valence-corrected chi connectivity index (χ2v) is 7.64. The van der Waals surface area contributed by atoms with E-state index in [2.05, 4.69) is 23.1 Å². The van der Waals surface area contributed by atoms with Crippen LogP contribution in [-0.2, 0) is 13.1 Å². The zero-order valence-electron chi connectivity index (χ0n) is 13.0. The SMILES string of the molecule is Cc1nn(-c2ccccc2)c(Cl)c1CN(C)Cc1ccc(Cl)s1.